The molecule has 1 heterocycles. The van der Waals surface area contributed by atoms with Crippen LogP contribution in [-0.4, -0.2) is 20.9 Å². The Kier molecular flexibility index (Phi) is 4.00. The number of hydrogen-bond acceptors (Lipinski definition) is 2. The van der Waals surface area contributed by atoms with Gasteiger partial charge in [0.2, 0.25) is 0 Å². The van der Waals surface area contributed by atoms with Crippen molar-refractivity contribution in [1.29, 1.82) is 0 Å². The number of hydrogen-bond donors (Lipinski definition) is 1. The molecule has 1 N–H and O–H groups in total. The van der Waals surface area contributed by atoms with Crippen LogP contribution >= 0.6 is 0 Å². The number of carbonyl (C=O) groups is 1. The number of nitrogens with zero attached hydrogens (tertiary/aromatic N) is 2. The van der Waals surface area contributed by atoms with Gasteiger partial charge in [-0.25, -0.2) is 9.48 Å². The number of benzene rings is 1. The van der Waals surface area contributed by atoms with Crippen molar-refractivity contribution in [2.45, 2.75) is 32.6 Å². The molecule has 0 spiro atoms. The van der Waals surface area contributed by atoms with Gasteiger partial charge in [0.15, 0.2) is 0 Å². The van der Waals surface area contributed by atoms with Gasteiger partial charge in [0.25, 0.3) is 0 Å². The largest absolute Gasteiger partial charge is 0.478 e. The van der Waals surface area contributed by atoms with Crippen LogP contribution < -0.4 is 0 Å². The molecule has 19 heavy (non-hydrogen) atoms. The quantitative estimate of drug-likeness (QED) is 0.893. The minimum Gasteiger partial charge on any atom is -0.478 e. The van der Waals surface area contributed by atoms with Gasteiger partial charge in [-0.2, -0.15) is 5.10 Å². The second kappa shape index (κ2) is 5.69. The SMILES string of the molecule is CCC(CC)c1c(C(=O)O)cnn1-c1ccccc1. The second-order valence-electron chi connectivity index (χ2n) is 4.51. The molecule has 0 aliphatic heterocycles. The first-order chi connectivity index (χ1) is 9.19. The minimum atomic E-state index is -0.913. The number of carboxylic acids is 1. The lowest BCUT2D eigenvalue weighted by Crippen LogP contribution is -2.11. The average molecular weight is 258 g/mol. The van der Waals surface area contributed by atoms with E-state index in [-0.39, 0.29) is 5.92 Å². The Balaban J connectivity index is 2.59. The second-order valence-corrected chi connectivity index (χ2v) is 4.51. The van der Waals surface area contributed by atoms with E-state index in [4.69, 9.17) is 0 Å². The zero-order valence-corrected chi connectivity index (χ0v) is 11.2. The Bertz CT molecular complexity index is 557. The molecule has 0 unspecified atom stereocenters. The Morgan fingerprint density at radius 1 is 1.26 bits per heavy atom. The summed E-state index contributed by atoms with van der Waals surface area (Å²) < 4.78 is 1.75. The standard InChI is InChI=1S/C15H18N2O2/c1-3-11(4-2)14-13(15(18)19)10-16-17(14)12-8-6-5-7-9-12/h5-11H,3-4H2,1-2H3,(H,18,19). The highest BCUT2D eigenvalue weighted by atomic mass is 16.4. The lowest BCUT2D eigenvalue weighted by molar-refractivity contribution is 0.0695. The summed E-state index contributed by atoms with van der Waals surface area (Å²) in [5.41, 5.74) is 2.00. The molecular weight excluding hydrogens is 240 g/mol. The third kappa shape index (κ3) is 2.52. The van der Waals surface area contributed by atoms with Gasteiger partial charge in [0.1, 0.15) is 5.56 Å². The molecule has 0 aliphatic rings. The smallest absolute Gasteiger partial charge is 0.339 e. The van der Waals surface area contributed by atoms with Gasteiger partial charge in [-0.1, -0.05) is 32.0 Å². The van der Waals surface area contributed by atoms with Crippen LogP contribution in [0.5, 0.6) is 0 Å². The van der Waals surface area contributed by atoms with Crippen LogP contribution in [0.15, 0.2) is 36.5 Å². The van der Waals surface area contributed by atoms with Gasteiger partial charge in [0.05, 0.1) is 17.6 Å². The summed E-state index contributed by atoms with van der Waals surface area (Å²) >= 11 is 0. The first-order valence-electron chi connectivity index (χ1n) is 6.55. The number of carboxylic acid groups (broad SMARTS) is 1. The molecule has 0 atom stereocenters. The van der Waals surface area contributed by atoms with Crippen molar-refractivity contribution in [1.82, 2.24) is 9.78 Å². The summed E-state index contributed by atoms with van der Waals surface area (Å²) in [6.07, 6.45) is 3.24. The van der Waals surface area contributed by atoms with E-state index in [0.717, 1.165) is 24.2 Å². The molecule has 0 bridgehead atoms. The van der Waals surface area contributed by atoms with Crippen LogP contribution in [0, 0.1) is 0 Å². The van der Waals surface area contributed by atoms with Crippen molar-refractivity contribution in [2.75, 3.05) is 0 Å². The van der Waals surface area contributed by atoms with E-state index < -0.39 is 5.97 Å². The molecule has 100 valence electrons. The fraction of sp³-hybridized carbons (Fsp3) is 0.333. The molecule has 0 fully saturated rings. The van der Waals surface area contributed by atoms with Crippen molar-refractivity contribution in [3.63, 3.8) is 0 Å². The number of aromatic nitrogens is 2. The summed E-state index contributed by atoms with van der Waals surface area (Å²) in [5.74, 6) is -0.710. The highest BCUT2D eigenvalue weighted by molar-refractivity contribution is 5.89. The number of para-hydroxylation sites is 1. The highest BCUT2D eigenvalue weighted by Gasteiger charge is 2.23. The van der Waals surface area contributed by atoms with Crippen molar-refractivity contribution in [3.8, 4) is 5.69 Å². The molecule has 0 saturated heterocycles. The van der Waals surface area contributed by atoms with E-state index in [1.807, 2.05) is 30.3 Å². The molecule has 4 nitrogen and oxygen atoms in total. The Morgan fingerprint density at radius 3 is 2.42 bits per heavy atom. The van der Waals surface area contributed by atoms with Crippen molar-refractivity contribution < 1.29 is 9.90 Å². The molecule has 2 rings (SSSR count). The molecule has 1 aromatic heterocycles. The van der Waals surface area contributed by atoms with Crippen LogP contribution in [0.25, 0.3) is 5.69 Å². The normalized spacial score (nSPS) is 10.9. The third-order valence-electron chi connectivity index (χ3n) is 3.41. The lowest BCUT2D eigenvalue weighted by Gasteiger charge is -2.16. The molecule has 2 aromatic rings. The fourth-order valence-electron chi connectivity index (χ4n) is 2.37. The first kappa shape index (κ1) is 13.3. The van der Waals surface area contributed by atoms with Crippen LogP contribution in [0.1, 0.15) is 48.7 Å². The first-order valence-corrected chi connectivity index (χ1v) is 6.55. The Labute approximate surface area is 112 Å². The van der Waals surface area contributed by atoms with Gasteiger partial charge < -0.3 is 5.11 Å². The summed E-state index contributed by atoms with van der Waals surface area (Å²) in [5, 5.41) is 13.6. The maximum atomic E-state index is 11.3. The number of aromatic carboxylic acids is 1. The predicted molar refractivity (Wildman–Crippen MR) is 73.8 cm³/mol. The zero-order valence-electron chi connectivity index (χ0n) is 11.2. The van der Waals surface area contributed by atoms with Crippen LogP contribution in [0.2, 0.25) is 0 Å². The fourth-order valence-corrected chi connectivity index (χ4v) is 2.37. The zero-order chi connectivity index (χ0) is 13.8. The predicted octanol–water partition coefficient (Wildman–Crippen LogP) is 3.47. The summed E-state index contributed by atoms with van der Waals surface area (Å²) in [6.45, 7) is 4.14. The third-order valence-corrected chi connectivity index (χ3v) is 3.41. The molecule has 0 saturated carbocycles. The van der Waals surface area contributed by atoms with E-state index in [0.29, 0.717) is 5.56 Å². The van der Waals surface area contributed by atoms with Gasteiger partial charge in [-0.05, 0) is 25.0 Å². The van der Waals surface area contributed by atoms with E-state index in [1.165, 1.54) is 6.20 Å². The topological polar surface area (TPSA) is 55.1 Å². The minimum absolute atomic E-state index is 0.203. The maximum Gasteiger partial charge on any atom is 0.339 e. The van der Waals surface area contributed by atoms with Gasteiger partial charge in [-0.15, -0.1) is 0 Å². The average Bonchev–Trinajstić information content (AvgIpc) is 2.86. The van der Waals surface area contributed by atoms with Gasteiger partial charge in [0, 0.05) is 5.92 Å². The maximum absolute atomic E-state index is 11.3. The summed E-state index contributed by atoms with van der Waals surface area (Å²) in [7, 11) is 0. The molecular formula is C15H18N2O2. The van der Waals surface area contributed by atoms with Crippen LogP contribution in [0.4, 0.5) is 0 Å². The molecule has 0 radical (unpaired) electrons. The van der Waals surface area contributed by atoms with Gasteiger partial charge in [-0.3, -0.25) is 0 Å². The van der Waals surface area contributed by atoms with E-state index in [9.17, 15) is 9.90 Å². The molecule has 0 amide bonds. The van der Waals surface area contributed by atoms with Crippen molar-refractivity contribution in [3.05, 3.63) is 47.8 Å². The monoisotopic (exact) mass is 258 g/mol. The molecule has 4 heteroatoms. The summed E-state index contributed by atoms with van der Waals surface area (Å²) in [4.78, 5) is 11.3. The highest BCUT2D eigenvalue weighted by Crippen LogP contribution is 2.28. The van der Waals surface area contributed by atoms with Crippen LogP contribution in [-0.2, 0) is 0 Å². The van der Waals surface area contributed by atoms with E-state index in [2.05, 4.69) is 18.9 Å². The molecule has 1 aromatic carbocycles. The Morgan fingerprint density at radius 2 is 1.89 bits per heavy atom. The van der Waals surface area contributed by atoms with E-state index >= 15 is 0 Å². The molecule has 0 aliphatic carbocycles. The number of rotatable bonds is 5. The summed E-state index contributed by atoms with van der Waals surface area (Å²) in [6, 6.07) is 9.65. The lowest BCUT2D eigenvalue weighted by atomic mass is 9.96. The van der Waals surface area contributed by atoms with Gasteiger partial charge >= 0.3 is 5.97 Å². The van der Waals surface area contributed by atoms with Crippen molar-refractivity contribution in [2.24, 2.45) is 0 Å². The Hall–Kier alpha value is -2.10. The van der Waals surface area contributed by atoms with E-state index in [1.54, 1.807) is 4.68 Å². The van der Waals surface area contributed by atoms with Crippen molar-refractivity contribution >= 4 is 5.97 Å². The van der Waals surface area contributed by atoms with Crippen LogP contribution in [0.3, 0.4) is 0 Å².